The van der Waals surface area contributed by atoms with Crippen LogP contribution < -0.4 is 21.1 Å². The van der Waals surface area contributed by atoms with Crippen molar-refractivity contribution in [3.8, 4) is 0 Å². The maximum atomic E-state index is 12.9. The van der Waals surface area contributed by atoms with Gasteiger partial charge in [0.25, 0.3) is 5.56 Å². The van der Waals surface area contributed by atoms with E-state index in [0.29, 0.717) is 36.3 Å². The van der Waals surface area contributed by atoms with Gasteiger partial charge in [0, 0.05) is 105 Å². The second-order valence-electron chi connectivity index (χ2n) is 17.6. The number of fused-ring (bicyclic) bond motifs is 1. The van der Waals surface area contributed by atoms with Gasteiger partial charge in [0.05, 0.1) is 6.04 Å². The minimum absolute atomic E-state index is 0.0288. The summed E-state index contributed by atoms with van der Waals surface area (Å²) in [6.07, 6.45) is 12.2. The summed E-state index contributed by atoms with van der Waals surface area (Å²) < 4.78 is 4.37. The van der Waals surface area contributed by atoms with Gasteiger partial charge in [-0.15, -0.1) is 0 Å². The Labute approximate surface area is 350 Å². The van der Waals surface area contributed by atoms with Crippen molar-refractivity contribution in [2.24, 2.45) is 5.41 Å². The Morgan fingerprint density at radius 1 is 0.949 bits per heavy atom. The van der Waals surface area contributed by atoms with Crippen molar-refractivity contribution in [2.45, 2.75) is 100 Å². The number of carbonyl (C=O) groups is 3. The van der Waals surface area contributed by atoms with Gasteiger partial charge in [0.2, 0.25) is 17.8 Å². The standard InChI is InChI=1S/C45H55N9O4S/c1-50(39-12-13-40(56)48-43(39)58)27-34-24-37(11-9-33(34)28-55)52-21-17-45(18-22-52)29-51(30-45)26-31-5-4-8-38(23-31)59-53-19-15-35(16-20-53)47-44-46-25-32-10-14-41(57)54(42(32)49-44)36-6-2-3-7-36/h4-5,8-11,14,23-25,28,35-36,39H,2-3,6-7,12-13,15-22,26-27,29-30H2,1H3,(H,46,47,49)(H,48,56,58). The summed E-state index contributed by atoms with van der Waals surface area (Å²) in [6, 6.07) is 18.7. The molecule has 13 nitrogen and oxygen atoms in total. The van der Waals surface area contributed by atoms with Gasteiger partial charge in [-0.1, -0.05) is 25.0 Å². The zero-order valence-electron chi connectivity index (χ0n) is 34.0. The molecule has 4 saturated heterocycles. The number of rotatable bonds is 12. The second kappa shape index (κ2) is 17.2. The van der Waals surface area contributed by atoms with Crippen molar-refractivity contribution in [2.75, 3.05) is 56.5 Å². The molecule has 5 aliphatic rings. The topological polar surface area (TPSA) is 136 Å². The molecule has 2 aromatic carbocycles. The molecule has 4 aromatic rings. The van der Waals surface area contributed by atoms with E-state index in [-0.39, 0.29) is 35.5 Å². The van der Waals surface area contributed by atoms with Gasteiger partial charge in [0.15, 0.2) is 0 Å². The number of carbonyl (C=O) groups excluding carboxylic acids is 3. The van der Waals surface area contributed by atoms with E-state index in [0.717, 1.165) is 126 Å². The van der Waals surface area contributed by atoms with Crippen molar-refractivity contribution < 1.29 is 14.4 Å². The molecule has 59 heavy (non-hydrogen) atoms. The molecule has 1 saturated carbocycles. The summed E-state index contributed by atoms with van der Waals surface area (Å²) >= 11 is 1.85. The van der Waals surface area contributed by atoms with Crippen LogP contribution in [0.4, 0.5) is 11.6 Å². The van der Waals surface area contributed by atoms with Gasteiger partial charge in [-0.3, -0.25) is 38.9 Å². The van der Waals surface area contributed by atoms with Gasteiger partial charge in [0.1, 0.15) is 11.9 Å². The quantitative estimate of drug-likeness (QED) is 0.104. The molecule has 2 amide bonds. The highest BCUT2D eigenvalue weighted by Crippen LogP contribution is 2.42. The average molecular weight is 818 g/mol. The Hall–Kier alpha value is -4.63. The second-order valence-corrected chi connectivity index (χ2v) is 18.7. The molecule has 1 atom stereocenters. The number of imide groups is 1. The summed E-state index contributed by atoms with van der Waals surface area (Å²) in [6.45, 7) is 7.56. The van der Waals surface area contributed by atoms with Crippen LogP contribution in [0.15, 0.2) is 70.5 Å². The van der Waals surface area contributed by atoms with E-state index in [4.69, 9.17) is 4.98 Å². The van der Waals surface area contributed by atoms with Gasteiger partial charge in [-0.05, 0) is 117 Å². The predicted octanol–water partition coefficient (Wildman–Crippen LogP) is 5.64. The van der Waals surface area contributed by atoms with Crippen LogP contribution in [-0.2, 0) is 22.7 Å². The third-order valence-corrected chi connectivity index (χ3v) is 14.5. The summed E-state index contributed by atoms with van der Waals surface area (Å²) in [4.78, 5) is 66.6. The number of benzene rings is 2. The number of hydrogen-bond acceptors (Lipinski definition) is 12. The van der Waals surface area contributed by atoms with Crippen LogP contribution in [0.3, 0.4) is 0 Å². The summed E-state index contributed by atoms with van der Waals surface area (Å²) in [5.41, 5.74) is 5.15. The van der Waals surface area contributed by atoms with Crippen molar-refractivity contribution in [3.05, 3.63) is 87.8 Å². The number of aromatic nitrogens is 3. The molecule has 0 radical (unpaired) electrons. The fourth-order valence-corrected chi connectivity index (χ4v) is 11.1. The first-order valence-corrected chi connectivity index (χ1v) is 22.2. The van der Waals surface area contributed by atoms with Crippen LogP contribution in [0.5, 0.6) is 0 Å². The Balaban J connectivity index is 0.733. The van der Waals surface area contributed by atoms with E-state index in [9.17, 15) is 19.2 Å². The first-order valence-electron chi connectivity index (χ1n) is 21.5. The van der Waals surface area contributed by atoms with Crippen molar-refractivity contribution in [1.29, 1.82) is 0 Å². The molecular formula is C45H55N9O4S. The lowest BCUT2D eigenvalue weighted by Crippen LogP contribution is -2.59. The molecule has 2 aromatic heterocycles. The largest absolute Gasteiger partial charge is 0.371 e. The number of hydrogen-bond donors (Lipinski definition) is 2. The van der Waals surface area contributed by atoms with Crippen LogP contribution >= 0.6 is 11.9 Å². The predicted molar refractivity (Wildman–Crippen MR) is 230 cm³/mol. The number of amides is 2. The Bertz CT molecular complexity index is 2250. The van der Waals surface area contributed by atoms with E-state index in [2.05, 4.69) is 60.1 Å². The first-order chi connectivity index (χ1) is 28.7. The minimum atomic E-state index is -0.385. The van der Waals surface area contributed by atoms with Gasteiger partial charge in [-0.25, -0.2) is 9.29 Å². The fourth-order valence-electron chi connectivity index (χ4n) is 10.1. The fraction of sp³-hybridized carbons (Fsp3) is 0.511. The average Bonchev–Trinajstić information content (AvgIpc) is 3.76. The third kappa shape index (κ3) is 8.82. The Kier molecular flexibility index (Phi) is 11.6. The van der Waals surface area contributed by atoms with E-state index < -0.39 is 0 Å². The third-order valence-electron chi connectivity index (χ3n) is 13.4. The molecule has 4 aliphatic heterocycles. The highest BCUT2D eigenvalue weighted by atomic mass is 32.2. The summed E-state index contributed by atoms with van der Waals surface area (Å²) in [5.74, 6) is 0.122. The van der Waals surface area contributed by atoms with Crippen molar-refractivity contribution >= 4 is 52.7 Å². The van der Waals surface area contributed by atoms with Gasteiger partial charge in [-0.2, -0.15) is 4.98 Å². The lowest BCUT2D eigenvalue weighted by Gasteiger charge is -2.54. The van der Waals surface area contributed by atoms with Crippen LogP contribution in [0.2, 0.25) is 0 Å². The minimum Gasteiger partial charge on any atom is -0.371 e. The SMILES string of the molecule is CN(Cc1cc(N2CCC3(CC2)CN(Cc2cccc(SN4CCC(Nc5ncc6ccc(=O)n(C7CCCC7)c6n5)CC4)c2)C3)ccc1C=O)C1CCC(=O)NC1=O. The number of aldehydes is 1. The molecule has 2 N–H and O–H groups in total. The zero-order chi connectivity index (χ0) is 40.5. The van der Waals surface area contributed by atoms with E-state index in [1.807, 2.05) is 52.9 Å². The molecule has 1 spiro atoms. The highest BCUT2D eigenvalue weighted by Gasteiger charge is 2.44. The molecule has 5 fully saturated rings. The molecule has 310 valence electrons. The van der Waals surface area contributed by atoms with Gasteiger partial charge < -0.3 is 10.2 Å². The smallest absolute Gasteiger partial charge is 0.252 e. The molecule has 14 heteroatoms. The number of likely N-dealkylation sites (tertiary alicyclic amines) is 1. The van der Waals surface area contributed by atoms with Crippen LogP contribution in [0, 0.1) is 5.41 Å². The number of nitrogens with one attached hydrogen (secondary N) is 2. The van der Waals surface area contributed by atoms with Crippen LogP contribution in [0.25, 0.3) is 11.0 Å². The monoisotopic (exact) mass is 817 g/mol. The number of pyridine rings is 1. The normalized spacial score (nSPS) is 21.9. The first kappa shape index (κ1) is 39.8. The molecule has 1 unspecified atom stereocenters. The lowest BCUT2D eigenvalue weighted by atomic mass is 9.71. The van der Waals surface area contributed by atoms with Crippen LogP contribution in [-0.4, -0.2) is 105 Å². The summed E-state index contributed by atoms with van der Waals surface area (Å²) in [7, 11) is 1.88. The lowest BCUT2D eigenvalue weighted by molar-refractivity contribution is -0.137. The van der Waals surface area contributed by atoms with E-state index in [1.165, 1.54) is 10.5 Å². The molecule has 6 heterocycles. The number of piperidine rings is 3. The summed E-state index contributed by atoms with van der Waals surface area (Å²) in [5, 5.41) is 6.94. The Morgan fingerprint density at radius 3 is 2.51 bits per heavy atom. The number of nitrogens with zero attached hydrogens (tertiary/aromatic N) is 7. The molecule has 0 bridgehead atoms. The molecular weight excluding hydrogens is 763 g/mol. The molecule has 9 rings (SSSR count). The van der Waals surface area contributed by atoms with Crippen LogP contribution in [0.1, 0.15) is 91.7 Å². The van der Waals surface area contributed by atoms with Gasteiger partial charge >= 0.3 is 0 Å². The Morgan fingerprint density at radius 2 is 1.75 bits per heavy atom. The van der Waals surface area contributed by atoms with E-state index >= 15 is 0 Å². The maximum Gasteiger partial charge on any atom is 0.252 e. The van der Waals surface area contributed by atoms with Crippen molar-refractivity contribution in [1.82, 2.24) is 34.0 Å². The van der Waals surface area contributed by atoms with Crippen molar-refractivity contribution in [3.63, 3.8) is 0 Å². The number of likely N-dealkylation sites (N-methyl/N-ethyl adjacent to an activating group) is 1. The van der Waals surface area contributed by atoms with E-state index in [1.54, 1.807) is 6.07 Å². The number of anilines is 2. The highest BCUT2D eigenvalue weighted by molar-refractivity contribution is 7.97. The molecule has 1 aliphatic carbocycles. The zero-order valence-corrected chi connectivity index (χ0v) is 34.8. The maximum absolute atomic E-state index is 12.9.